The van der Waals surface area contributed by atoms with E-state index in [-0.39, 0.29) is 37.1 Å². The first kappa shape index (κ1) is 23.2. The number of aliphatic carboxylic acids is 1. The van der Waals surface area contributed by atoms with Crippen LogP contribution in [0.15, 0.2) is 24.3 Å². The molecule has 2 aliphatic rings. The van der Waals surface area contributed by atoms with Crippen LogP contribution in [0.25, 0.3) is 0 Å². The van der Waals surface area contributed by atoms with Gasteiger partial charge in [0.05, 0.1) is 35.8 Å². The zero-order valence-electron chi connectivity index (χ0n) is 17.3. The van der Waals surface area contributed by atoms with E-state index in [1.165, 1.54) is 0 Å². The molecule has 30 heavy (non-hydrogen) atoms. The molecule has 0 aromatic heterocycles. The summed E-state index contributed by atoms with van der Waals surface area (Å²) in [5, 5.41) is 9.77. The number of carbonyl (C=O) groups is 2. The number of morpholine rings is 1. The highest BCUT2D eigenvalue weighted by molar-refractivity contribution is 7.82. The van der Waals surface area contributed by atoms with Crippen LogP contribution in [0.3, 0.4) is 0 Å². The molecule has 2 unspecified atom stereocenters. The highest BCUT2D eigenvalue weighted by Crippen LogP contribution is 2.32. The van der Waals surface area contributed by atoms with Crippen molar-refractivity contribution in [1.82, 2.24) is 9.21 Å². The van der Waals surface area contributed by atoms with E-state index in [0.717, 1.165) is 24.9 Å². The van der Waals surface area contributed by atoms with Gasteiger partial charge >= 0.3 is 5.97 Å². The molecule has 166 valence electrons. The maximum Gasteiger partial charge on any atom is 0.306 e. The van der Waals surface area contributed by atoms with Gasteiger partial charge in [0.2, 0.25) is 0 Å². The number of carboxylic acids is 1. The summed E-state index contributed by atoms with van der Waals surface area (Å²) in [6.45, 7) is 5.02. The molecule has 0 radical (unpaired) electrons. The maximum absolute atomic E-state index is 13.3. The first-order valence-corrected chi connectivity index (χ1v) is 12.0. The molecule has 0 saturated carbocycles. The minimum Gasteiger partial charge on any atom is -0.481 e. The van der Waals surface area contributed by atoms with Gasteiger partial charge in [0.1, 0.15) is 6.10 Å². The Kier molecular flexibility index (Phi) is 7.90. The lowest BCUT2D eigenvalue weighted by atomic mass is 9.99. The topological polar surface area (TPSA) is 87.2 Å². The number of hydrogen-bond donors (Lipinski definition) is 1. The Balaban J connectivity index is 1.87. The fourth-order valence-electron chi connectivity index (χ4n) is 4.22. The van der Waals surface area contributed by atoms with Gasteiger partial charge in [-0.1, -0.05) is 30.7 Å². The van der Waals surface area contributed by atoms with Crippen molar-refractivity contribution in [2.24, 2.45) is 0 Å². The molecule has 0 bridgehead atoms. The Bertz CT molecular complexity index is 790. The molecular formula is C21H29ClN2O5S. The van der Waals surface area contributed by atoms with Crippen LogP contribution in [0.1, 0.15) is 51.1 Å². The van der Waals surface area contributed by atoms with Crippen molar-refractivity contribution in [1.29, 1.82) is 0 Å². The molecule has 1 aromatic rings. The van der Waals surface area contributed by atoms with Crippen molar-refractivity contribution in [3.05, 3.63) is 34.9 Å². The summed E-state index contributed by atoms with van der Waals surface area (Å²) in [7, 11) is -1.21. The van der Waals surface area contributed by atoms with Crippen LogP contribution in [-0.2, 0) is 25.3 Å². The third-order valence-electron chi connectivity index (χ3n) is 5.89. The van der Waals surface area contributed by atoms with Crippen LogP contribution in [0, 0.1) is 0 Å². The number of benzene rings is 1. The maximum atomic E-state index is 13.3. The van der Waals surface area contributed by atoms with E-state index >= 15 is 0 Å². The fraction of sp³-hybridized carbons (Fsp3) is 0.619. The Morgan fingerprint density at radius 1 is 1.37 bits per heavy atom. The molecule has 1 amide bonds. The summed E-state index contributed by atoms with van der Waals surface area (Å²) in [5.74, 6) is -1.11. The summed E-state index contributed by atoms with van der Waals surface area (Å²) in [5.41, 5.74) is 0.861. The summed E-state index contributed by atoms with van der Waals surface area (Å²) in [6, 6.07) is 6.81. The number of amides is 1. The Hall–Kier alpha value is -1.48. The van der Waals surface area contributed by atoms with E-state index in [1.54, 1.807) is 17.0 Å². The Morgan fingerprint density at radius 2 is 2.07 bits per heavy atom. The van der Waals surface area contributed by atoms with Crippen LogP contribution in [-0.4, -0.2) is 67.5 Å². The van der Waals surface area contributed by atoms with Crippen LogP contribution < -0.4 is 0 Å². The van der Waals surface area contributed by atoms with Crippen molar-refractivity contribution < 1.29 is 23.6 Å². The lowest BCUT2D eigenvalue weighted by molar-refractivity contribution is -0.168. The largest absolute Gasteiger partial charge is 0.481 e. The molecule has 5 atom stereocenters. The molecule has 3 rings (SSSR count). The number of ether oxygens (including phenoxy) is 1. The van der Waals surface area contributed by atoms with E-state index in [2.05, 4.69) is 6.92 Å². The number of carboxylic acid groups (broad SMARTS) is 1. The molecule has 7 nitrogen and oxygen atoms in total. The molecule has 2 saturated heterocycles. The predicted molar refractivity (Wildman–Crippen MR) is 116 cm³/mol. The van der Waals surface area contributed by atoms with Gasteiger partial charge in [0.15, 0.2) is 0 Å². The van der Waals surface area contributed by atoms with E-state index in [0.29, 0.717) is 17.2 Å². The highest BCUT2D eigenvalue weighted by Gasteiger charge is 2.42. The quantitative estimate of drug-likeness (QED) is 0.649. The minimum absolute atomic E-state index is 0.189. The van der Waals surface area contributed by atoms with E-state index in [9.17, 15) is 18.9 Å². The van der Waals surface area contributed by atoms with Gasteiger partial charge in [0, 0.05) is 23.7 Å². The summed E-state index contributed by atoms with van der Waals surface area (Å²) in [4.78, 5) is 26.2. The molecule has 2 heterocycles. The SMILES string of the molecule is CC[C@@H](CS(=O)N1CCCC1C)N1C(=O)[C@@H](CC(=O)O)OC[C@H]1c1ccc(Cl)cc1. The second-order valence-electron chi connectivity index (χ2n) is 7.91. The molecule has 0 spiro atoms. The van der Waals surface area contributed by atoms with Crippen molar-refractivity contribution in [3.8, 4) is 0 Å². The van der Waals surface area contributed by atoms with Crippen LogP contribution >= 0.6 is 11.6 Å². The standard InChI is InChI=1S/C21H29ClN2O5S/c1-3-17(13-30(28)23-10-4-5-14(23)2)24-18(15-6-8-16(22)9-7-15)12-29-19(21(24)27)11-20(25)26/h6-9,14,17-19H,3-5,10-13H2,1-2H3,(H,25,26)/t14?,17-,18-,19+,30?/m0/s1. The monoisotopic (exact) mass is 456 g/mol. The zero-order chi connectivity index (χ0) is 21.8. The third kappa shape index (κ3) is 5.22. The predicted octanol–water partition coefficient (Wildman–Crippen LogP) is 3.01. The Labute approximate surface area is 184 Å². The third-order valence-corrected chi connectivity index (χ3v) is 7.88. The number of nitrogens with zero attached hydrogens (tertiary/aromatic N) is 2. The van der Waals surface area contributed by atoms with E-state index < -0.39 is 23.1 Å². The highest BCUT2D eigenvalue weighted by atomic mass is 35.5. The second-order valence-corrected chi connectivity index (χ2v) is 9.80. The summed E-state index contributed by atoms with van der Waals surface area (Å²) >= 11 is 6.02. The first-order chi connectivity index (χ1) is 14.3. The molecule has 1 N–H and O–H groups in total. The minimum atomic E-state index is -1.21. The zero-order valence-corrected chi connectivity index (χ0v) is 18.9. The van der Waals surface area contributed by atoms with E-state index in [1.807, 2.05) is 23.4 Å². The van der Waals surface area contributed by atoms with Gasteiger partial charge in [-0.05, 0) is 43.9 Å². The van der Waals surface area contributed by atoms with Gasteiger partial charge in [-0.25, -0.2) is 8.51 Å². The molecule has 1 aromatic carbocycles. The average molecular weight is 457 g/mol. The normalized spacial score (nSPS) is 27.2. The van der Waals surface area contributed by atoms with Crippen molar-refractivity contribution in [2.75, 3.05) is 18.9 Å². The van der Waals surface area contributed by atoms with Crippen LogP contribution in [0.2, 0.25) is 5.02 Å². The van der Waals surface area contributed by atoms with Gasteiger partial charge in [-0.3, -0.25) is 9.59 Å². The van der Waals surface area contributed by atoms with Gasteiger partial charge < -0.3 is 14.7 Å². The smallest absolute Gasteiger partial charge is 0.306 e. The number of hydrogen-bond acceptors (Lipinski definition) is 4. The number of rotatable bonds is 8. The molecule has 0 aliphatic carbocycles. The summed E-state index contributed by atoms with van der Waals surface area (Å²) in [6.07, 6.45) is 1.25. The van der Waals surface area contributed by atoms with Gasteiger partial charge in [-0.15, -0.1) is 0 Å². The fourth-order valence-corrected chi connectivity index (χ4v) is 6.11. The van der Waals surface area contributed by atoms with Crippen molar-refractivity contribution in [2.45, 2.75) is 63.8 Å². The number of carbonyl (C=O) groups excluding carboxylic acids is 1. The van der Waals surface area contributed by atoms with Crippen molar-refractivity contribution >= 4 is 34.5 Å². The molecule has 9 heteroatoms. The first-order valence-electron chi connectivity index (χ1n) is 10.4. The molecule has 2 aliphatic heterocycles. The average Bonchev–Trinajstić information content (AvgIpc) is 3.14. The summed E-state index contributed by atoms with van der Waals surface area (Å²) < 4.78 is 20.7. The van der Waals surface area contributed by atoms with Gasteiger partial charge in [0.25, 0.3) is 5.91 Å². The lowest BCUT2D eigenvalue weighted by Crippen LogP contribution is -2.56. The second kappa shape index (κ2) is 10.2. The van der Waals surface area contributed by atoms with Gasteiger partial charge in [-0.2, -0.15) is 0 Å². The van der Waals surface area contributed by atoms with Crippen LogP contribution in [0.4, 0.5) is 0 Å². The van der Waals surface area contributed by atoms with Crippen molar-refractivity contribution in [3.63, 3.8) is 0 Å². The number of halogens is 1. The molecular weight excluding hydrogens is 428 g/mol. The van der Waals surface area contributed by atoms with Crippen LogP contribution in [0.5, 0.6) is 0 Å². The van der Waals surface area contributed by atoms with E-state index in [4.69, 9.17) is 16.3 Å². The molecule has 2 fully saturated rings. The lowest BCUT2D eigenvalue weighted by Gasteiger charge is -2.44. The Morgan fingerprint density at radius 3 is 2.63 bits per heavy atom.